The molecule has 1 aliphatic rings. The first-order valence-electron chi connectivity index (χ1n) is 10.3. The zero-order valence-electron chi connectivity index (χ0n) is 17.7. The number of carbonyl (C=O) groups is 4. The molecule has 0 aromatic carbocycles. The Morgan fingerprint density at radius 3 is 2.37 bits per heavy atom. The van der Waals surface area contributed by atoms with Crippen molar-refractivity contribution in [3.63, 3.8) is 0 Å². The van der Waals surface area contributed by atoms with Crippen LogP contribution >= 0.6 is 12.6 Å². The van der Waals surface area contributed by atoms with E-state index in [0.29, 0.717) is 38.8 Å². The Morgan fingerprint density at radius 2 is 1.83 bits per heavy atom. The fourth-order valence-corrected chi connectivity index (χ4v) is 3.60. The molecule has 4 unspecified atom stereocenters. The summed E-state index contributed by atoms with van der Waals surface area (Å²) in [5.74, 6) is -2.78. The van der Waals surface area contributed by atoms with E-state index in [1.807, 2.05) is 0 Å². The highest BCUT2D eigenvalue weighted by Crippen LogP contribution is 2.20. The van der Waals surface area contributed by atoms with Gasteiger partial charge in [0.25, 0.3) is 0 Å². The van der Waals surface area contributed by atoms with E-state index in [1.165, 1.54) is 4.90 Å². The molecule has 0 aromatic rings. The van der Waals surface area contributed by atoms with E-state index in [0.717, 1.165) is 6.42 Å². The summed E-state index contributed by atoms with van der Waals surface area (Å²) in [5, 5.41) is 14.6. The van der Waals surface area contributed by atoms with Gasteiger partial charge in [-0.2, -0.15) is 12.6 Å². The van der Waals surface area contributed by atoms with Crippen molar-refractivity contribution in [3.8, 4) is 0 Å². The van der Waals surface area contributed by atoms with Gasteiger partial charge in [0.2, 0.25) is 17.7 Å². The van der Waals surface area contributed by atoms with Gasteiger partial charge in [0, 0.05) is 12.3 Å². The first-order valence-corrected chi connectivity index (χ1v) is 11.0. The second-order valence-corrected chi connectivity index (χ2v) is 8.26. The quantitative estimate of drug-likeness (QED) is 0.167. The number of aliphatic carboxylic acids is 1. The average molecular weight is 446 g/mol. The molecule has 3 amide bonds. The van der Waals surface area contributed by atoms with E-state index < -0.39 is 47.9 Å². The molecule has 1 saturated heterocycles. The summed E-state index contributed by atoms with van der Waals surface area (Å²) in [7, 11) is 0. The van der Waals surface area contributed by atoms with Gasteiger partial charge in [-0.15, -0.1) is 0 Å². The number of nitrogens with two attached hydrogens (primary N) is 2. The van der Waals surface area contributed by atoms with Crippen molar-refractivity contribution >= 4 is 36.3 Å². The molecule has 7 N–H and O–H groups in total. The Hall–Kier alpha value is -1.85. The van der Waals surface area contributed by atoms with Gasteiger partial charge in [0.15, 0.2) is 0 Å². The largest absolute Gasteiger partial charge is 0.480 e. The van der Waals surface area contributed by atoms with Crippen molar-refractivity contribution in [2.45, 2.75) is 70.1 Å². The maximum Gasteiger partial charge on any atom is 0.326 e. The predicted octanol–water partition coefficient (Wildman–Crippen LogP) is -0.926. The molecule has 0 spiro atoms. The minimum Gasteiger partial charge on any atom is -0.480 e. The third kappa shape index (κ3) is 7.44. The van der Waals surface area contributed by atoms with Crippen molar-refractivity contribution < 1.29 is 24.3 Å². The van der Waals surface area contributed by atoms with Gasteiger partial charge in [-0.25, -0.2) is 4.79 Å². The van der Waals surface area contributed by atoms with E-state index in [4.69, 9.17) is 11.5 Å². The number of thiol groups is 1. The van der Waals surface area contributed by atoms with Crippen LogP contribution in [0.3, 0.4) is 0 Å². The summed E-state index contributed by atoms with van der Waals surface area (Å²) < 4.78 is 0. The van der Waals surface area contributed by atoms with Gasteiger partial charge in [0.05, 0.1) is 6.04 Å². The second kappa shape index (κ2) is 12.8. The lowest BCUT2D eigenvalue weighted by molar-refractivity contribution is -0.150. The van der Waals surface area contributed by atoms with Crippen LogP contribution in [0.1, 0.15) is 46.0 Å². The normalized spacial score (nSPS) is 19.3. The van der Waals surface area contributed by atoms with Gasteiger partial charge >= 0.3 is 5.97 Å². The zero-order valence-corrected chi connectivity index (χ0v) is 18.6. The Morgan fingerprint density at radius 1 is 1.17 bits per heavy atom. The summed E-state index contributed by atoms with van der Waals surface area (Å²) in [4.78, 5) is 50.6. The van der Waals surface area contributed by atoms with Crippen molar-refractivity contribution in [2.75, 3.05) is 18.8 Å². The average Bonchev–Trinajstić information content (AvgIpc) is 3.19. The van der Waals surface area contributed by atoms with Crippen molar-refractivity contribution in [3.05, 3.63) is 0 Å². The maximum atomic E-state index is 12.9. The summed E-state index contributed by atoms with van der Waals surface area (Å²) in [5.41, 5.74) is 11.3. The smallest absolute Gasteiger partial charge is 0.326 e. The molecule has 1 rings (SSSR count). The molecule has 0 saturated carbocycles. The van der Waals surface area contributed by atoms with Crippen LogP contribution in [0, 0.1) is 5.92 Å². The number of nitrogens with one attached hydrogen (secondary N) is 2. The molecule has 1 fully saturated rings. The summed E-state index contributed by atoms with van der Waals surface area (Å²) in [6.07, 6.45) is 2.88. The molecule has 1 aliphatic heterocycles. The maximum absolute atomic E-state index is 12.9. The molecule has 10 nitrogen and oxygen atoms in total. The fraction of sp³-hybridized carbons (Fsp3) is 0.789. The first-order chi connectivity index (χ1) is 14.1. The Bertz CT molecular complexity index is 618. The van der Waals surface area contributed by atoms with E-state index in [2.05, 4.69) is 23.3 Å². The Labute approximate surface area is 182 Å². The SMILES string of the molecule is CC(C)C(NC(=O)C(CS)NC(=O)C(N)CCCCN)C(=O)N1CCCC1C(=O)O. The van der Waals surface area contributed by atoms with Gasteiger partial charge in [0.1, 0.15) is 18.1 Å². The van der Waals surface area contributed by atoms with Crippen LogP contribution in [0.25, 0.3) is 0 Å². The molecule has 30 heavy (non-hydrogen) atoms. The first kappa shape index (κ1) is 26.2. The molecule has 0 bridgehead atoms. The van der Waals surface area contributed by atoms with Crippen LogP contribution in [0.2, 0.25) is 0 Å². The summed E-state index contributed by atoms with van der Waals surface area (Å²) >= 11 is 4.13. The van der Waals surface area contributed by atoms with Gasteiger partial charge in [-0.1, -0.05) is 20.3 Å². The second-order valence-electron chi connectivity index (χ2n) is 7.89. The lowest BCUT2D eigenvalue weighted by atomic mass is 10.0. The van der Waals surface area contributed by atoms with E-state index in [-0.39, 0.29) is 11.7 Å². The summed E-state index contributed by atoms with van der Waals surface area (Å²) in [6.45, 7) is 4.37. The monoisotopic (exact) mass is 445 g/mol. The van der Waals surface area contributed by atoms with Crippen LogP contribution < -0.4 is 22.1 Å². The van der Waals surface area contributed by atoms with Crippen molar-refractivity contribution in [2.24, 2.45) is 17.4 Å². The number of rotatable bonds is 12. The molecular formula is C19H35N5O5S. The highest BCUT2D eigenvalue weighted by atomic mass is 32.1. The molecule has 1 heterocycles. The predicted molar refractivity (Wildman–Crippen MR) is 116 cm³/mol. The van der Waals surface area contributed by atoms with Crippen LogP contribution in [0.15, 0.2) is 0 Å². The summed E-state index contributed by atoms with van der Waals surface area (Å²) in [6, 6.07) is -3.53. The zero-order chi connectivity index (χ0) is 22.8. The molecule has 0 aromatic heterocycles. The molecule has 0 aliphatic carbocycles. The number of carboxylic acid groups (broad SMARTS) is 1. The topological polar surface area (TPSA) is 168 Å². The van der Waals surface area contributed by atoms with Crippen molar-refractivity contribution in [1.29, 1.82) is 0 Å². The number of nitrogens with zero attached hydrogens (tertiary/aromatic N) is 1. The standard InChI is InChI=1S/C19H35N5O5S/c1-11(2)15(18(27)24-9-5-7-14(24)19(28)29)23-17(26)13(10-30)22-16(25)12(21)6-3-4-8-20/h11-15,30H,3-10,20-21H2,1-2H3,(H,22,25)(H,23,26)(H,28,29). The number of unbranched alkanes of at least 4 members (excludes halogenated alkanes) is 1. The number of carboxylic acids is 1. The van der Waals surface area contributed by atoms with Gasteiger partial charge in [-0.05, 0) is 38.1 Å². The lowest BCUT2D eigenvalue weighted by Crippen LogP contribution is -2.59. The molecule has 172 valence electrons. The van der Waals surface area contributed by atoms with Crippen LogP contribution in [0.4, 0.5) is 0 Å². The minimum atomic E-state index is -1.06. The minimum absolute atomic E-state index is 0.0214. The van der Waals surface area contributed by atoms with E-state index in [1.54, 1.807) is 13.8 Å². The Kier molecular flexibility index (Phi) is 11.1. The fourth-order valence-electron chi connectivity index (χ4n) is 3.35. The van der Waals surface area contributed by atoms with Gasteiger partial charge < -0.3 is 32.1 Å². The van der Waals surface area contributed by atoms with Crippen molar-refractivity contribution in [1.82, 2.24) is 15.5 Å². The number of amides is 3. The Balaban J connectivity index is 2.77. The van der Waals surface area contributed by atoms with Crippen LogP contribution in [0.5, 0.6) is 0 Å². The number of hydrogen-bond donors (Lipinski definition) is 6. The molecular weight excluding hydrogens is 410 g/mol. The molecule has 11 heteroatoms. The third-order valence-electron chi connectivity index (χ3n) is 5.17. The van der Waals surface area contributed by atoms with E-state index in [9.17, 15) is 24.3 Å². The van der Waals surface area contributed by atoms with E-state index >= 15 is 0 Å². The highest BCUT2D eigenvalue weighted by molar-refractivity contribution is 7.80. The molecule has 4 atom stereocenters. The van der Waals surface area contributed by atoms with Crippen LogP contribution in [-0.4, -0.2) is 76.7 Å². The van der Waals surface area contributed by atoms with Crippen LogP contribution in [-0.2, 0) is 19.2 Å². The highest BCUT2D eigenvalue weighted by Gasteiger charge is 2.39. The lowest BCUT2D eigenvalue weighted by Gasteiger charge is -2.30. The van der Waals surface area contributed by atoms with Gasteiger partial charge in [-0.3, -0.25) is 14.4 Å². The molecule has 0 radical (unpaired) electrons. The third-order valence-corrected chi connectivity index (χ3v) is 5.54. The number of hydrogen-bond acceptors (Lipinski definition) is 7. The number of likely N-dealkylation sites (tertiary alicyclic amines) is 1. The number of carbonyl (C=O) groups excluding carboxylic acids is 3.